The lowest BCUT2D eigenvalue weighted by atomic mass is 9.96. The van der Waals surface area contributed by atoms with E-state index >= 15 is 0 Å². The maximum Gasteiger partial charge on any atom is 0.273 e. The Morgan fingerprint density at radius 3 is 2.53 bits per heavy atom. The normalized spacial score (nSPS) is 16.9. The molecule has 0 spiro atoms. The number of carbonyl (C=O) groups is 2. The minimum atomic E-state index is -0.261. The molecule has 0 unspecified atom stereocenters. The molecule has 2 N–H and O–H groups in total. The maximum absolute atomic E-state index is 12.3. The zero-order valence-electron chi connectivity index (χ0n) is 11.3. The van der Waals surface area contributed by atoms with Crippen molar-refractivity contribution in [1.82, 2.24) is 9.88 Å². The average molecular weight is 281 g/mol. The second-order valence-electron chi connectivity index (χ2n) is 5.19. The van der Waals surface area contributed by atoms with Crippen molar-refractivity contribution in [3.63, 3.8) is 0 Å². The first-order valence-corrected chi connectivity index (χ1v) is 7.41. The summed E-state index contributed by atoms with van der Waals surface area (Å²) in [6, 6.07) is 0. The molecule has 0 radical (unpaired) electrons. The van der Waals surface area contributed by atoms with E-state index in [-0.39, 0.29) is 17.7 Å². The molecule has 6 heteroatoms. The molecule has 0 bridgehead atoms. The van der Waals surface area contributed by atoms with E-state index in [9.17, 15) is 9.59 Å². The molecule has 0 atom stereocenters. The van der Waals surface area contributed by atoms with Gasteiger partial charge in [-0.3, -0.25) is 9.59 Å². The molecule has 1 aliphatic rings. The van der Waals surface area contributed by atoms with Gasteiger partial charge in [-0.1, -0.05) is 13.8 Å². The van der Waals surface area contributed by atoms with Gasteiger partial charge >= 0.3 is 0 Å². The Kier molecular flexibility index (Phi) is 4.19. The number of primary amides is 1. The molecule has 1 saturated heterocycles. The van der Waals surface area contributed by atoms with Crippen molar-refractivity contribution in [2.24, 2.45) is 11.7 Å². The van der Waals surface area contributed by atoms with Gasteiger partial charge in [-0.15, -0.1) is 11.3 Å². The summed E-state index contributed by atoms with van der Waals surface area (Å²) in [5.41, 5.74) is 5.80. The number of nitrogens with two attached hydrogens (primary N) is 1. The zero-order valence-corrected chi connectivity index (χ0v) is 12.1. The lowest BCUT2D eigenvalue weighted by molar-refractivity contribution is -0.123. The molecule has 2 heterocycles. The predicted octanol–water partition coefficient (Wildman–Crippen LogP) is 1.60. The van der Waals surface area contributed by atoms with Gasteiger partial charge in [-0.2, -0.15) is 0 Å². The molecule has 1 aliphatic heterocycles. The highest BCUT2D eigenvalue weighted by atomic mass is 32.1. The molecule has 5 nitrogen and oxygen atoms in total. The number of thiazole rings is 1. The number of nitrogens with zero attached hydrogens (tertiary/aromatic N) is 2. The second kappa shape index (κ2) is 5.69. The number of aromatic nitrogens is 1. The van der Waals surface area contributed by atoms with E-state index in [2.05, 4.69) is 18.8 Å². The number of piperidine rings is 1. The topological polar surface area (TPSA) is 76.3 Å². The largest absolute Gasteiger partial charge is 0.369 e. The lowest BCUT2D eigenvalue weighted by Gasteiger charge is -2.30. The molecular weight excluding hydrogens is 262 g/mol. The Hall–Kier alpha value is -1.43. The Bertz CT molecular complexity index is 476. The summed E-state index contributed by atoms with van der Waals surface area (Å²) in [7, 11) is 0. The molecule has 19 heavy (non-hydrogen) atoms. The number of hydrogen-bond acceptors (Lipinski definition) is 4. The van der Waals surface area contributed by atoms with Gasteiger partial charge in [0.2, 0.25) is 5.91 Å². The van der Waals surface area contributed by atoms with Gasteiger partial charge in [-0.05, 0) is 12.8 Å². The van der Waals surface area contributed by atoms with Crippen LogP contribution in [0.25, 0.3) is 0 Å². The third kappa shape index (κ3) is 3.12. The van der Waals surface area contributed by atoms with E-state index in [0.29, 0.717) is 37.5 Å². The quantitative estimate of drug-likeness (QED) is 0.914. The Balaban J connectivity index is 1.99. The monoisotopic (exact) mass is 281 g/mol. The summed E-state index contributed by atoms with van der Waals surface area (Å²) in [4.78, 5) is 29.5. The van der Waals surface area contributed by atoms with Crippen molar-refractivity contribution in [2.45, 2.75) is 32.6 Å². The first kappa shape index (κ1) is 14.0. The summed E-state index contributed by atoms with van der Waals surface area (Å²) in [6.45, 7) is 5.29. The van der Waals surface area contributed by atoms with Crippen LogP contribution >= 0.6 is 11.3 Å². The Labute approximate surface area is 116 Å². The highest BCUT2D eigenvalue weighted by Gasteiger charge is 2.27. The van der Waals surface area contributed by atoms with Crippen LogP contribution in [0.15, 0.2) is 5.38 Å². The number of amides is 2. The van der Waals surface area contributed by atoms with Crippen LogP contribution in [0.1, 0.15) is 48.1 Å². The van der Waals surface area contributed by atoms with Crippen LogP contribution in [0.4, 0.5) is 0 Å². The van der Waals surface area contributed by atoms with Gasteiger partial charge in [0.05, 0.1) is 5.01 Å². The standard InChI is InChI=1S/C13H19N3O2S/c1-8(2)12-15-10(7-19-12)13(18)16-5-3-9(4-6-16)11(14)17/h7-9H,3-6H2,1-2H3,(H2,14,17). The number of rotatable bonds is 3. The Morgan fingerprint density at radius 2 is 2.05 bits per heavy atom. The molecule has 0 aromatic carbocycles. The molecule has 1 fully saturated rings. The smallest absolute Gasteiger partial charge is 0.273 e. The molecule has 1 aromatic heterocycles. The van der Waals surface area contributed by atoms with Crippen LogP contribution in [0, 0.1) is 5.92 Å². The fourth-order valence-electron chi connectivity index (χ4n) is 2.18. The molecule has 1 aromatic rings. The van der Waals surface area contributed by atoms with Crippen molar-refractivity contribution in [3.8, 4) is 0 Å². The predicted molar refractivity (Wildman–Crippen MR) is 74.0 cm³/mol. The van der Waals surface area contributed by atoms with Crippen LogP contribution < -0.4 is 5.73 Å². The number of carbonyl (C=O) groups excluding carboxylic acids is 2. The number of likely N-dealkylation sites (tertiary alicyclic amines) is 1. The van der Waals surface area contributed by atoms with E-state index in [4.69, 9.17) is 5.73 Å². The highest BCUT2D eigenvalue weighted by molar-refractivity contribution is 7.09. The van der Waals surface area contributed by atoms with Crippen molar-refractivity contribution < 1.29 is 9.59 Å². The van der Waals surface area contributed by atoms with Crippen LogP contribution in [0.5, 0.6) is 0 Å². The van der Waals surface area contributed by atoms with Gasteiger partial charge in [0.1, 0.15) is 5.69 Å². The van der Waals surface area contributed by atoms with Crippen molar-refractivity contribution in [1.29, 1.82) is 0 Å². The number of hydrogen-bond donors (Lipinski definition) is 1. The second-order valence-corrected chi connectivity index (χ2v) is 6.08. The molecule has 0 saturated carbocycles. The molecule has 2 rings (SSSR count). The van der Waals surface area contributed by atoms with E-state index in [0.717, 1.165) is 5.01 Å². The van der Waals surface area contributed by atoms with Crippen LogP contribution in [0.3, 0.4) is 0 Å². The maximum atomic E-state index is 12.3. The van der Waals surface area contributed by atoms with Gasteiger partial charge in [0.15, 0.2) is 0 Å². The summed E-state index contributed by atoms with van der Waals surface area (Å²) in [6.07, 6.45) is 1.31. The first-order valence-electron chi connectivity index (χ1n) is 6.53. The molecule has 2 amide bonds. The van der Waals surface area contributed by atoms with Crippen molar-refractivity contribution in [2.75, 3.05) is 13.1 Å². The average Bonchev–Trinajstić information content (AvgIpc) is 2.87. The summed E-state index contributed by atoms with van der Waals surface area (Å²) in [5, 5.41) is 2.80. The summed E-state index contributed by atoms with van der Waals surface area (Å²) < 4.78 is 0. The van der Waals surface area contributed by atoms with Crippen LogP contribution in [0.2, 0.25) is 0 Å². The van der Waals surface area contributed by atoms with Crippen molar-refractivity contribution in [3.05, 3.63) is 16.1 Å². The fraction of sp³-hybridized carbons (Fsp3) is 0.615. The van der Waals surface area contributed by atoms with Crippen LogP contribution in [-0.4, -0.2) is 34.8 Å². The van der Waals surface area contributed by atoms with Gasteiger partial charge < -0.3 is 10.6 Å². The highest BCUT2D eigenvalue weighted by Crippen LogP contribution is 2.22. The van der Waals surface area contributed by atoms with Gasteiger partial charge in [0.25, 0.3) is 5.91 Å². The lowest BCUT2D eigenvalue weighted by Crippen LogP contribution is -2.41. The van der Waals surface area contributed by atoms with Gasteiger partial charge in [-0.25, -0.2) is 4.98 Å². The van der Waals surface area contributed by atoms with Crippen molar-refractivity contribution >= 4 is 23.2 Å². The molecule has 0 aliphatic carbocycles. The third-order valence-corrected chi connectivity index (χ3v) is 4.56. The SMILES string of the molecule is CC(C)c1nc(C(=O)N2CCC(C(N)=O)CC2)cs1. The minimum Gasteiger partial charge on any atom is -0.369 e. The first-order chi connectivity index (χ1) is 8.99. The van der Waals surface area contributed by atoms with E-state index < -0.39 is 0 Å². The fourth-order valence-corrected chi connectivity index (χ4v) is 2.99. The van der Waals surface area contributed by atoms with E-state index in [1.54, 1.807) is 4.90 Å². The minimum absolute atomic E-state index is 0.0360. The van der Waals surface area contributed by atoms with E-state index in [1.165, 1.54) is 11.3 Å². The Morgan fingerprint density at radius 1 is 1.42 bits per heavy atom. The van der Waals surface area contributed by atoms with Crippen LogP contribution in [-0.2, 0) is 4.79 Å². The third-order valence-electron chi connectivity index (χ3n) is 3.42. The van der Waals surface area contributed by atoms with Gasteiger partial charge in [0, 0.05) is 30.3 Å². The summed E-state index contributed by atoms with van der Waals surface area (Å²) in [5.74, 6) is -0.0493. The zero-order chi connectivity index (χ0) is 14.0. The van der Waals surface area contributed by atoms with E-state index in [1.807, 2.05) is 5.38 Å². The molecule has 104 valence electrons. The molecular formula is C13H19N3O2S. The summed E-state index contributed by atoms with van der Waals surface area (Å²) >= 11 is 1.52.